The van der Waals surface area contributed by atoms with Gasteiger partial charge in [0.2, 0.25) is 5.90 Å². The highest BCUT2D eigenvalue weighted by Gasteiger charge is 2.31. The number of alkyl halides is 6. The van der Waals surface area contributed by atoms with E-state index in [0.717, 1.165) is 44.0 Å². The molecule has 5 nitrogen and oxygen atoms in total. The Hall–Kier alpha value is -2.17. The van der Waals surface area contributed by atoms with Gasteiger partial charge in [-0.2, -0.15) is 26.3 Å². The summed E-state index contributed by atoms with van der Waals surface area (Å²) in [7, 11) is 0. The van der Waals surface area contributed by atoms with Crippen molar-refractivity contribution in [2.45, 2.75) is 57.6 Å². The molecule has 31 heavy (non-hydrogen) atoms. The van der Waals surface area contributed by atoms with E-state index in [2.05, 4.69) is 10.3 Å². The molecule has 0 aromatic heterocycles. The number of hydrogen-bond acceptors (Lipinski definition) is 5. The second-order valence-electron chi connectivity index (χ2n) is 7.42. The number of aliphatic imine (C=N–C) groups is 1. The minimum Gasteiger partial charge on any atom is -0.484 e. The lowest BCUT2D eigenvalue weighted by Crippen LogP contribution is -2.36. The van der Waals surface area contributed by atoms with E-state index < -0.39 is 25.6 Å². The molecular weight excluding hydrogens is 430 g/mol. The molecule has 1 aromatic rings. The molecule has 1 aromatic carbocycles. The Labute approximate surface area is 176 Å². The monoisotopic (exact) mass is 456 g/mol. The molecule has 176 valence electrons. The summed E-state index contributed by atoms with van der Waals surface area (Å²) in [5.41, 5.74) is -0.00608. The van der Waals surface area contributed by atoms with Gasteiger partial charge in [0, 0.05) is 6.04 Å². The van der Waals surface area contributed by atoms with Crippen LogP contribution in [0.25, 0.3) is 0 Å². The first-order chi connectivity index (χ1) is 14.4. The van der Waals surface area contributed by atoms with Crippen molar-refractivity contribution in [1.29, 1.82) is 0 Å². The molecule has 2 rings (SSSR count). The molecule has 0 radical (unpaired) electrons. The predicted molar refractivity (Wildman–Crippen MR) is 103 cm³/mol. The average Bonchev–Trinajstić information content (AvgIpc) is 2.67. The van der Waals surface area contributed by atoms with Gasteiger partial charge in [0.05, 0.1) is 18.2 Å². The van der Waals surface area contributed by atoms with Crippen LogP contribution >= 0.6 is 0 Å². The molecule has 1 heterocycles. The summed E-state index contributed by atoms with van der Waals surface area (Å²) >= 11 is 0. The smallest absolute Gasteiger partial charge is 0.422 e. The maximum atomic E-state index is 12.7. The third-order valence-corrected chi connectivity index (χ3v) is 4.19. The van der Waals surface area contributed by atoms with Gasteiger partial charge >= 0.3 is 12.4 Å². The van der Waals surface area contributed by atoms with Crippen molar-refractivity contribution in [2.24, 2.45) is 4.99 Å². The Morgan fingerprint density at radius 3 is 2.32 bits per heavy atom. The summed E-state index contributed by atoms with van der Waals surface area (Å²) < 4.78 is 90.8. The van der Waals surface area contributed by atoms with Gasteiger partial charge in [0.25, 0.3) is 0 Å². The van der Waals surface area contributed by atoms with Crippen molar-refractivity contribution in [2.75, 3.05) is 26.3 Å². The van der Waals surface area contributed by atoms with Crippen molar-refractivity contribution >= 4 is 5.90 Å². The van der Waals surface area contributed by atoms with Crippen molar-refractivity contribution in [3.8, 4) is 11.5 Å². The fourth-order valence-electron chi connectivity index (χ4n) is 2.90. The molecule has 0 saturated carbocycles. The van der Waals surface area contributed by atoms with Crippen LogP contribution in [0.2, 0.25) is 0 Å². The zero-order valence-electron chi connectivity index (χ0n) is 17.3. The molecule has 0 amide bonds. The number of piperidine rings is 1. The standard InChI is InChI=1S/C20H26F6N2O3/c1-13(2)31-18(28-10-14-5-3-4-8-27-14)16-9-15(29-11-19(21,22)23)6-7-17(16)30-12-20(24,25)26/h6-7,9,13-14,27H,3-5,8,10-12H2,1-2H3/b28-18-. The van der Waals surface area contributed by atoms with Crippen LogP contribution in [0, 0.1) is 0 Å². The van der Waals surface area contributed by atoms with E-state index in [-0.39, 0.29) is 35.1 Å². The van der Waals surface area contributed by atoms with Crippen molar-refractivity contribution in [3.05, 3.63) is 23.8 Å². The number of rotatable bonds is 8. The first-order valence-corrected chi connectivity index (χ1v) is 9.91. The maximum absolute atomic E-state index is 12.7. The minimum absolute atomic E-state index is 0.00608. The van der Waals surface area contributed by atoms with Gasteiger partial charge in [0.15, 0.2) is 13.2 Å². The van der Waals surface area contributed by atoms with Crippen LogP contribution in [0.3, 0.4) is 0 Å². The van der Waals surface area contributed by atoms with Crippen LogP contribution in [-0.4, -0.2) is 56.7 Å². The molecule has 11 heteroatoms. The molecular formula is C20H26F6N2O3. The number of ether oxygens (including phenoxy) is 3. The van der Waals surface area contributed by atoms with Crippen molar-refractivity contribution in [1.82, 2.24) is 5.32 Å². The van der Waals surface area contributed by atoms with Crippen LogP contribution in [0.5, 0.6) is 11.5 Å². The molecule has 1 fully saturated rings. The Kier molecular flexibility index (Phi) is 8.84. The van der Waals surface area contributed by atoms with Gasteiger partial charge < -0.3 is 19.5 Å². The summed E-state index contributed by atoms with van der Waals surface area (Å²) in [6, 6.07) is 3.44. The predicted octanol–water partition coefficient (Wildman–Crippen LogP) is 4.88. The number of halogens is 6. The van der Waals surface area contributed by atoms with Crippen molar-refractivity contribution in [3.63, 3.8) is 0 Å². The first-order valence-electron chi connectivity index (χ1n) is 9.91. The quantitative estimate of drug-likeness (QED) is 0.344. The van der Waals surface area contributed by atoms with Crippen molar-refractivity contribution < 1.29 is 40.6 Å². The summed E-state index contributed by atoms with van der Waals surface area (Å²) in [5, 5.41) is 3.29. The highest BCUT2D eigenvalue weighted by Crippen LogP contribution is 2.29. The Bertz CT molecular complexity index is 729. The van der Waals surface area contributed by atoms with E-state index in [1.807, 2.05) is 0 Å². The SMILES string of the molecule is CC(C)O/C(=N\CC1CCCCN1)c1cc(OCC(F)(F)F)ccc1OCC(F)(F)F. The third kappa shape index (κ3) is 9.67. The molecule has 1 N–H and O–H groups in total. The van der Waals surface area contributed by atoms with Crippen LogP contribution in [0.15, 0.2) is 23.2 Å². The molecule has 1 unspecified atom stereocenters. The lowest BCUT2D eigenvalue weighted by atomic mass is 10.1. The summed E-state index contributed by atoms with van der Waals surface area (Å²) in [5.74, 6) is -0.424. The maximum Gasteiger partial charge on any atom is 0.422 e. The van der Waals surface area contributed by atoms with E-state index in [0.29, 0.717) is 6.54 Å². The fourth-order valence-corrected chi connectivity index (χ4v) is 2.90. The molecule has 1 atom stereocenters. The number of nitrogens with zero attached hydrogens (tertiary/aromatic N) is 1. The number of hydrogen-bond donors (Lipinski definition) is 1. The van der Waals surface area contributed by atoms with Crippen LogP contribution in [-0.2, 0) is 4.74 Å². The van der Waals surface area contributed by atoms with E-state index >= 15 is 0 Å². The van der Waals surface area contributed by atoms with Crippen LogP contribution < -0.4 is 14.8 Å². The van der Waals surface area contributed by atoms with Crippen LogP contribution in [0.1, 0.15) is 38.7 Å². The van der Waals surface area contributed by atoms with Gasteiger partial charge in [-0.05, 0) is 51.4 Å². The zero-order chi connectivity index (χ0) is 23.1. The lowest BCUT2D eigenvalue weighted by Gasteiger charge is -2.23. The topological polar surface area (TPSA) is 52.1 Å². The van der Waals surface area contributed by atoms with Crippen LogP contribution in [0.4, 0.5) is 26.3 Å². The third-order valence-electron chi connectivity index (χ3n) is 4.19. The number of benzene rings is 1. The molecule has 0 spiro atoms. The Morgan fingerprint density at radius 1 is 1.06 bits per heavy atom. The second kappa shape index (κ2) is 10.9. The lowest BCUT2D eigenvalue weighted by molar-refractivity contribution is -0.154. The molecule has 0 aliphatic carbocycles. The van der Waals surface area contributed by atoms with E-state index in [1.54, 1.807) is 13.8 Å². The van der Waals surface area contributed by atoms with E-state index in [4.69, 9.17) is 14.2 Å². The normalized spacial score (nSPS) is 18.2. The van der Waals surface area contributed by atoms with Gasteiger partial charge in [-0.25, -0.2) is 4.99 Å². The van der Waals surface area contributed by atoms with E-state index in [1.165, 1.54) is 0 Å². The average molecular weight is 456 g/mol. The zero-order valence-corrected chi connectivity index (χ0v) is 17.3. The first kappa shape index (κ1) is 25.1. The van der Waals surface area contributed by atoms with Gasteiger partial charge in [0.1, 0.15) is 11.5 Å². The van der Waals surface area contributed by atoms with E-state index in [9.17, 15) is 26.3 Å². The molecule has 0 bridgehead atoms. The molecule has 1 aliphatic rings. The summed E-state index contributed by atoms with van der Waals surface area (Å²) in [6.45, 7) is 1.43. The Balaban J connectivity index is 2.34. The van der Waals surface area contributed by atoms with Gasteiger partial charge in [-0.15, -0.1) is 0 Å². The van der Waals surface area contributed by atoms with Gasteiger partial charge in [-0.3, -0.25) is 0 Å². The number of nitrogens with one attached hydrogen (secondary N) is 1. The Morgan fingerprint density at radius 2 is 1.74 bits per heavy atom. The highest BCUT2D eigenvalue weighted by molar-refractivity contribution is 5.97. The fraction of sp³-hybridized carbons (Fsp3) is 0.650. The molecule has 1 saturated heterocycles. The second-order valence-corrected chi connectivity index (χ2v) is 7.42. The molecule has 1 aliphatic heterocycles. The summed E-state index contributed by atoms with van der Waals surface area (Å²) in [6.07, 6.45) is -6.59. The summed E-state index contributed by atoms with van der Waals surface area (Å²) in [4.78, 5) is 4.41. The highest BCUT2D eigenvalue weighted by atomic mass is 19.4. The van der Waals surface area contributed by atoms with Gasteiger partial charge in [-0.1, -0.05) is 6.42 Å². The largest absolute Gasteiger partial charge is 0.484 e. The minimum atomic E-state index is -4.59.